The van der Waals surface area contributed by atoms with Crippen LogP contribution in [0.15, 0.2) is 48.5 Å². The van der Waals surface area contributed by atoms with E-state index >= 15 is 0 Å². The molecule has 0 fully saturated rings. The predicted molar refractivity (Wildman–Crippen MR) is 129 cm³/mol. The standard InChI is InChI=1S/C22H24N4O3S.ClH/c1-4-16-8-10-19-20(15-16)30-22(23-19)25(13-12-24(2)3)21(27)11-9-17-6-5-7-18(14-17)26(28)29;/h5-11,14-15H,4,12-13H2,1-3H3;1H. The molecule has 0 bridgehead atoms. The number of aromatic nitrogens is 1. The van der Waals surface area contributed by atoms with E-state index in [1.165, 1.54) is 35.1 Å². The van der Waals surface area contributed by atoms with Crippen molar-refractivity contribution >= 4 is 56.8 Å². The first-order valence-electron chi connectivity index (χ1n) is 9.65. The fourth-order valence-electron chi connectivity index (χ4n) is 2.89. The molecule has 1 amide bonds. The number of carbonyl (C=O) groups excluding carboxylic acids is 1. The average Bonchev–Trinajstić information content (AvgIpc) is 3.15. The normalized spacial score (nSPS) is 11.1. The van der Waals surface area contributed by atoms with Crippen LogP contribution >= 0.6 is 23.7 Å². The summed E-state index contributed by atoms with van der Waals surface area (Å²) >= 11 is 1.50. The van der Waals surface area contributed by atoms with Gasteiger partial charge in [-0.05, 0) is 49.9 Å². The van der Waals surface area contributed by atoms with Gasteiger partial charge in [0.05, 0.1) is 15.1 Å². The van der Waals surface area contributed by atoms with Gasteiger partial charge in [0.1, 0.15) is 0 Å². The molecule has 0 saturated heterocycles. The van der Waals surface area contributed by atoms with Crippen molar-refractivity contribution in [3.05, 3.63) is 69.8 Å². The molecule has 0 radical (unpaired) electrons. The molecular formula is C22H25ClN4O3S. The summed E-state index contributed by atoms with van der Waals surface area (Å²) in [6, 6.07) is 12.4. The molecule has 1 aromatic heterocycles. The number of hydrogen-bond acceptors (Lipinski definition) is 6. The minimum absolute atomic E-state index is 0. The number of nitrogens with zero attached hydrogens (tertiary/aromatic N) is 4. The summed E-state index contributed by atoms with van der Waals surface area (Å²) in [4.78, 5) is 31.8. The number of hydrogen-bond donors (Lipinski definition) is 0. The molecule has 0 aliphatic heterocycles. The lowest BCUT2D eigenvalue weighted by Gasteiger charge is -2.20. The van der Waals surface area contributed by atoms with E-state index < -0.39 is 4.92 Å². The number of fused-ring (bicyclic) bond motifs is 1. The van der Waals surface area contributed by atoms with Gasteiger partial charge in [0.15, 0.2) is 5.13 Å². The first kappa shape index (κ1) is 24.5. The van der Waals surface area contributed by atoms with Crippen LogP contribution in [0, 0.1) is 10.1 Å². The molecule has 2 aromatic carbocycles. The molecule has 0 atom stereocenters. The maximum atomic E-state index is 13.0. The molecule has 9 heteroatoms. The Hall–Kier alpha value is -2.81. The zero-order valence-corrected chi connectivity index (χ0v) is 19.3. The number of thiazole rings is 1. The molecule has 0 spiro atoms. The van der Waals surface area contributed by atoms with Gasteiger partial charge < -0.3 is 4.90 Å². The fourth-order valence-corrected chi connectivity index (χ4v) is 3.95. The third-order valence-corrected chi connectivity index (χ3v) is 5.66. The molecule has 7 nitrogen and oxygen atoms in total. The lowest BCUT2D eigenvalue weighted by atomic mass is 10.2. The van der Waals surface area contributed by atoms with Crippen LogP contribution in [-0.2, 0) is 11.2 Å². The number of benzene rings is 2. The summed E-state index contributed by atoms with van der Waals surface area (Å²) in [6.45, 7) is 3.28. The minimum Gasteiger partial charge on any atom is -0.308 e. The first-order valence-corrected chi connectivity index (χ1v) is 10.5. The van der Waals surface area contributed by atoms with Gasteiger partial charge in [-0.1, -0.05) is 36.5 Å². The number of non-ortho nitro benzene ring substituents is 1. The summed E-state index contributed by atoms with van der Waals surface area (Å²) < 4.78 is 1.05. The van der Waals surface area contributed by atoms with E-state index in [2.05, 4.69) is 24.0 Å². The molecule has 1 heterocycles. The number of carbonyl (C=O) groups is 1. The van der Waals surface area contributed by atoms with Gasteiger partial charge in [-0.25, -0.2) is 4.98 Å². The van der Waals surface area contributed by atoms with Gasteiger partial charge in [-0.15, -0.1) is 12.4 Å². The Kier molecular flexibility index (Phi) is 8.67. The average molecular weight is 461 g/mol. The quantitative estimate of drug-likeness (QED) is 0.274. The highest BCUT2D eigenvalue weighted by Crippen LogP contribution is 2.30. The van der Waals surface area contributed by atoms with Crippen LogP contribution in [0.3, 0.4) is 0 Å². The van der Waals surface area contributed by atoms with Crippen molar-refractivity contribution in [1.82, 2.24) is 9.88 Å². The number of aryl methyl sites for hydroxylation is 1. The molecule has 0 saturated carbocycles. The maximum absolute atomic E-state index is 13.0. The number of halogens is 1. The molecule has 0 aliphatic carbocycles. The summed E-state index contributed by atoms with van der Waals surface area (Å²) in [7, 11) is 3.90. The summed E-state index contributed by atoms with van der Waals surface area (Å²) in [5.41, 5.74) is 2.70. The van der Waals surface area contributed by atoms with Gasteiger partial charge >= 0.3 is 0 Å². The Morgan fingerprint density at radius 2 is 1.97 bits per heavy atom. The van der Waals surface area contributed by atoms with Crippen LogP contribution in [0.5, 0.6) is 0 Å². The Bertz CT molecular complexity index is 1100. The van der Waals surface area contributed by atoms with Crippen molar-refractivity contribution in [2.75, 3.05) is 32.1 Å². The van der Waals surface area contributed by atoms with Crippen LogP contribution in [0.2, 0.25) is 0 Å². The Labute approximate surface area is 191 Å². The maximum Gasteiger partial charge on any atom is 0.270 e. The Morgan fingerprint density at radius 3 is 2.65 bits per heavy atom. The third-order valence-electron chi connectivity index (χ3n) is 4.62. The topological polar surface area (TPSA) is 79.6 Å². The van der Waals surface area contributed by atoms with Crippen molar-refractivity contribution in [2.45, 2.75) is 13.3 Å². The summed E-state index contributed by atoms with van der Waals surface area (Å²) in [6.07, 6.45) is 3.98. The van der Waals surface area contributed by atoms with E-state index in [9.17, 15) is 14.9 Å². The second-order valence-corrected chi connectivity index (χ2v) is 8.14. The van der Waals surface area contributed by atoms with Crippen molar-refractivity contribution in [1.29, 1.82) is 0 Å². The SMILES string of the molecule is CCc1ccc2nc(N(CCN(C)C)C(=O)C=Cc3cccc([N+](=O)[O-])c3)sc2c1.Cl. The zero-order valence-electron chi connectivity index (χ0n) is 17.6. The largest absolute Gasteiger partial charge is 0.308 e. The van der Waals surface area contributed by atoms with Gasteiger partial charge in [0, 0.05) is 31.3 Å². The van der Waals surface area contributed by atoms with Crippen LogP contribution < -0.4 is 4.90 Å². The molecular weight excluding hydrogens is 436 g/mol. The number of rotatable bonds is 8. The smallest absolute Gasteiger partial charge is 0.270 e. The van der Waals surface area contributed by atoms with Crippen LogP contribution in [0.1, 0.15) is 18.1 Å². The van der Waals surface area contributed by atoms with Gasteiger partial charge in [0.25, 0.3) is 11.6 Å². The van der Waals surface area contributed by atoms with E-state index in [4.69, 9.17) is 0 Å². The number of nitro groups is 1. The lowest BCUT2D eigenvalue weighted by Crippen LogP contribution is -2.35. The highest BCUT2D eigenvalue weighted by molar-refractivity contribution is 7.22. The van der Waals surface area contributed by atoms with Crippen molar-refractivity contribution in [2.24, 2.45) is 0 Å². The lowest BCUT2D eigenvalue weighted by molar-refractivity contribution is -0.384. The van der Waals surface area contributed by atoms with Crippen molar-refractivity contribution in [3.8, 4) is 0 Å². The second kappa shape index (κ2) is 11.0. The fraction of sp³-hybridized carbons (Fsp3) is 0.273. The second-order valence-electron chi connectivity index (χ2n) is 7.13. The summed E-state index contributed by atoms with van der Waals surface area (Å²) in [5, 5.41) is 11.6. The number of amides is 1. The predicted octanol–water partition coefficient (Wildman–Crippen LogP) is 4.80. The van der Waals surface area contributed by atoms with Crippen LogP contribution in [0.25, 0.3) is 16.3 Å². The monoisotopic (exact) mass is 460 g/mol. The van der Waals surface area contributed by atoms with E-state index in [0.717, 1.165) is 16.6 Å². The van der Waals surface area contributed by atoms with E-state index in [0.29, 0.717) is 23.8 Å². The highest BCUT2D eigenvalue weighted by Gasteiger charge is 2.18. The Morgan fingerprint density at radius 1 is 1.19 bits per heavy atom. The molecule has 0 aliphatic rings. The molecule has 0 unspecified atom stereocenters. The van der Waals surface area contributed by atoms with Gasteiger partial charge in [-0.3, -0.25) is 19.8 Å². The van der Waals surface area contributed by atoms with Crippen molar-refractivity contribution < 1.29 is 9.72 Å². The first-order chi connectivity index (χ1) is 14.4. The zero-order chi connectivity index (χ0) is 21.7. The summed E-state index contributed by atoms with van der Waals surface area (Å²) in [5.74, 6) is -0.210. The molecule has 3 rings (SSSR count). The van der Waals surface area contributed by atoms with E-state index in [-0.39, 0.29) is 24.0 Å². The molecule has 3 aromatic rings. The van der Waals surface area contributed by atoms with Crippen molar-refractivity contribution in [3.63, 3.8) is 0 Å². The third kappa shape index (κ3) is 6.33. The van der Waals surface area contributed by atoms with E-state index in [1.807, 2.05) is 25.1 Å². The van der Waals surface area contributed by atoms with Gasteiger partial charge in [0.2, 0.25) is 0 Å². The van der Waals surface area contributed by atoms with Crippen LogP contribution in [0.4, 0.5) is 10.8 Å². The molecule has 31 heavy (non-hydrogen) atoms. The van der Waals surface area contributed by atoms with E-state index in [1.54, 1.807) is 23.1 Å². The van der Waals surface area contributed by atoms with Crippen LogP contribution in [-0.4, -0.2) is 47.9 Å². The highest BCUT2D eigenvalue weighted by atomic mass is 35.5. The number of nitro benzene ring substituents is 1. The molecule has 164 valence electrons. The molecule has 0 N–H and O–H groups in total. The minimum atomic E-state index is -0.450. The number of likely N-dealkylation sites (N-methyl/N-ethyl adjacent to an activating group) is 1. The Balaban J connectivity index is 0.00000341. The van der Waals surface area contributed by atoms with Gasteiger partial charge in [-0.2, -0.15) is 0 Å². The number of anilines is 1.